The van der Waals surface area contributed by atoms with Crippen LogP contribution in [-0.4, -0.2) is 15.0 Å². The molecule has 0 atom stereocenters. The smallest absolute Gasteiger partial charge is 0.433 e. The van der Waals surface area contributed by atoms with Gasteiger partial charge >= 0.3 is 6.18 Å². The first-order chi connectivity index (χ1) is 11.0. The van der Waals surface area contributed by atoms with Crippen molar-refractivity contribution in [1.29, 1.82) is 0 Å². The molecule has 5 nitrogen and oxygen atoms in total. The third-order valence-corrected chi connectivity index (χ3v) is 2.93. The number of halogens is 3. The molecule has 3 aromatic heterocycles. The van der Waals surface area contributed by atoms with Crippen LogP contribution >= 0.6 is 0 Å². The minimum Gasteiger partial charge on any atom is -0.467 e. The van der Waals surface area contributed by atoms with Crippen molar-refractivity contribution in [2.24, 2.45) is 0 Å². The minimum atomic E-state index is -4.58. The summed E-state index contributed by atoms with van der Waals surface area (Å²) in [6, 6.07) is 9.12. The number of alkyl halides is 3. The van der Waals surface area contributed by atoms with Crippen molar-refractivity contribution in [3.05, 3.63) is 60.3 Å². The highest BCUT2D eigenvalue weighted by molar-refractivity contribution is 5.53. The predicted molar refractivity (Wildman–Crippen MR) is 76.3 cm³/mol. The topological polar surface area (TPSA) is 63.8 Å². The van der Waals surface area contributed by atoms with Crippen molar-refractivity contribution in [3.63, 3.8) is 0 Å². The third-order valence-electron chi connectivity index (χ3n) is 2.93. The Kier molecular flexibility index (Phi) is 3.96. The number of nitrogens with zero attached hydrogens (tertiary/aromatic N) is 3. The Labute approximate surface area is 129 Å². The van der Waals surface area contributed by atoms with E-state index in [1.165, 1.54) is 12.5 Å². The zero-order valence-corrected chi connectivity index (χ0v) is 11.7. The number of aromatic nitrogens is 3. The Morgan fingerprint density at radius 3 is 2.61 bits per heavy atom. The maximum atomic E-state index is 13.0. The van der Waals surface area contributed by atoms with E-state index in [0.717, 1.165) is 6.07 Å². The van der Waals surface area contributed by atoms with Crippen LogP contribution in [-0.2, 0) is 12.7 Å². The predicted octanol–water partition coefficient (Wildman–Crippen LogP) is 3.76. The van der Waals surface area contributed by atoms with Gasteiger partial charge in [0.05, 0.1) is 12.8 Å². The van der Waals surface area contributed by atoms with Crippen molar-refractivity contribution in [1.82, 2.24) is 15.0 Å². The van der Waals surface area contributed by atoms with Gasteiger partial charge in [-0.1, -0.05) is 6.07 Å². The average molecular weight is 320 g/mol. The first-order valence-corrected chi connectivity index (χ1v) is 6.66. The number of nitrogens with one attached hydrogen (secondary N) is 1. The molecule has 0 fully saturated rings. The van der Waals surface area contributed by atoms with Crippen LogP contribution in [0.4, 0.5) is 19.0 Å². The van der Waals surface area contributed by atoms with Crippen LogP contribution < -0.4 is 5.32 Å². The summed E-state index contributed by atoms with van der Waals surface area (Å²) < 4.78 is 44.2. The van der Waals surface area contributed by atoms with Gasteiger partial charge in [0, 0.05) is 12.3 Å². The molecule has 118 valence electrons. The highest BCUT2D eigenvalue weighted by Gasteiger charge is 2.34. The summed E-state index contributed by atoms with van der Waals surface area (Å²) in [7, 11) is 0. The molecule has 3 aromatic rings. The third kappa shape index (κ3) is 3.65. The number of hydrogen-bond donors (Lipinski definition) is 1. The molecule has 0 radical (unpaired) electrons. The molecular formula is C15H11F3N4O. The summed E-state index contributed by atoms with van der Waals surface area (Å²) >= 11 is 0. The molecule has 0 amide bonds. The average Bonchev–Trinajstić information content (AvgIpc) is 3.06. The van der Waals surface area contributed by atoms with Gasteiger partial charge in [0.1, 0.15) is 17.3 Å². The zero-order chi connectivity index (χ0) is 16.3. The first kappa shape index (κ1) is 15.0. The van der Waals surface area contributed by atoms with E-state index in [4.69, 9.17) is 4.42 Å². The molecule has 1 N–H and O–H groups in total. The molecule has 0 aliphatic heterocycles. The van der Waals surface area contributed by atoms with E-state index >= 15 is 0 Å². The second kappa shape index (κ2) is 6.07. The summed E-state index contributed by atoms with van der Waals surface area (Å²) in [4.78, 5) is 11.6. The molecule has 0 bridgehead atoms. The van der Waals surface area contributed by atoms with Crippen LogP contribution in [0.3, 0.4) is 0 Å². The van der Waals surface area contributed by atoms with E-state index in [2.05, 4.69) is 20.3 Å². The van der Waals surface area contributed by atoms with Crippen molar-refractivity contribution in [2.45, 2.75) is 12.7 Å². The van der Waals surface area contributed by atoms with E-state index in [9.17, 15) is 13.2 Å². The van der Waals surface area contributed by atoms with Crippen LogP contribution in [0, 0.1) is 0 Å². The molecule has 3 heterocycles. The Morgan fingerprint density at radius 1 is 1.09 bits per heavy atom. The van der Waals surface area contributed by atoms with Crippen molar-refractivity contribution >= 4 is 5.82 Å². The SMILES string of the molecule is FC(F)(F)c1cc(NCc2ccco2)nc(-c2ccccn2)n1. The summed E-state index contributed by atoms with van der Waals surface area (Å²) in [5, 5.41) is 2.80. The van der Waals surface area contributed by atoms with Crippen LogP contribution in [0.25, 0.3) is 11.5 Å². The van der Waals surface area contributed by atoms with Gasteiger partial charge in [-0.2, -0.15) is 13.2 Å². The number of hydrogen-bond acceptors (Lipinski definition) is 5. The van der Waals surface area contributed by atoms with E-state index in [-0.39, 0.29) is 23.9 Å². The fourth-order valence-electron chi connectivity index (χ4n) is 1.88. The lowest BCUT2D eigenvalue weighted by Crippen LogP contribution is -2.12. The van der Waals surface area contributed by atoms with Crippen molar-refractivity contribution < 1.29 is 17.6 Å². The lowest BCUT2D eigenvalue weighted by molar-refractivity contribution is -0.141. The van der Waals surface area contributed by atoms with Gasteiger partial charge in [-0.05, 0) is 24.3 Å². The van der Waals surface area contributed by atoms with Crippen LogP contribution in [0.2, 0.25) is 0 Å². The van der Waals surface area contributed by atoms with Gasteiger partial charge in [0.2, 0.25) is 0 Å². The van der Waals surface area contributed by atoms with Crippen LogP contribution in [0.1, 0.15) is 11.5 Å². The van der Waals surface area contributed by atoms with Crippen LogP contribution in [0.5, 0.6) is 0 Å². The number of furan rings is 1. The van der Waals surface area contributed by atoms with Gasteiger partial charge in [-0.3, -0.25) is 4.98 Å². The number of pyridine rings is 1. The van der Waals surface area contributed by atoms with Gasteiger partial charge in [-0.15, -0.1) is 0 Å². The van der Waals surface area contributed by atoms with Gasteiger partial charge in [0.25, 0.3) is 0 Å². The van der Waals surface area contributed by atoms with Gasteiger partial charge < -0.3 is 9.73 Å². The summed E-state index contributed by atoms with van der Waals surface area (Å²) in [6.07, 6.45) is -1.63. The lowest BCUT2D eigenvalue weighted by atomic mass is 10.3. The van der Waals surface area contributed by atoms with Gasteiger partial charge in [0.15, 0.2) is 11.5 Å². The quantitative estimate of drug-likeness (QED) is 0.793. The fourth-order valence-corrected chi connectivity index (χ4v) is 1.88. The van der Waals surface area contributed by atoms with E-state index in [1.54, 1.807) is 30.3 Å². The molecular weight excluding hydrogens is 309 g/mol. The molecule has 8 heteroatoms. The molecule has 0 saturated heterocycles. The largest absolute Gasteiger partial charge is 0.467 e. The van der Waals surface area contributed by atoms with Crippen molar-refractivity contribution in [3.8, 4) is 11.5 Å². The summed E-state index contributed by atoms with van der Waals surface area (Å²) in [5.41, 5.74) is -0.769. The molecule has 0 spiro atoms. The standard InChI is InChI=1S/C15H11F3N4O/c16-15(17,18)12-8-13(20-9-10-4-3-7-23-10)22-14(21-12)11-5-1-2-6-19-11/h1-8H,9H2,(H,20,21,22). The Hall–Kier alpha value is -2.90. The van der Waals surface area contributed by atoms with E-state index in [0.29, 0.717) is 5.76 Å². The highest BCUT2D eigenvalue weighted by atomic mass is 19.4. The molecule has 0 aromatic carbocycles. The molecule has 0 saturated carbocycles. The van der Waals surface area contributed by atoms with Crippen molar-refractivity contribution in [2.75, 3.05) is 5.32 Å². The maximum absolute atomic E-state index is 13.0. The highest BCUT2D eigenvalue weighted by Crippen LogP contribution is 2.30. The second-order valence-corrected chi connectivity index (χ2v) is 4.61. The molecule has 0 aliphatic carbocycles. The fraction of sp³-hybridized carbons (Fsp3) is 0.133. The zero-order valence-electron chi connectivity index (χ0n) is 11.7. The second-order valence-electron chi connectivity index (χ2n) is 4.61. The number of rotatable bonds is 4. The molecule has 0 aliphatic rings. The van der Waals surface area contributed by atoms with E-state index < -0.39 is 11.9 Å². The van der Waals surface area contributed by atoms with E-state index in [1.807, 2.05) is 0 Å². The minimum absolute atomic E-state index is 0.0457. The normalized spacial score (nSPS) is 11.4. The summed E-state index contributed by atoms with van der Waals surface area (Å²) in [5.74, 6) is 0.531. The Bertz CT molecular complexity index is 773. The monoisotopic (exact) mass is 320 g/mol. The molecule has 23 heavy (non-hydrogen) atoms. The maximum Gasteiger partial charge on any atom is 0.433 e. The first-order valence-electron chi connectivity index (χ1n) is 6.66. The van der Waals surface area contributed by atoms with Crippen LogP contribution in [0.15, 0.2) is 53.3 Å². The summed E-state index contributed by atoms with van der Waals surface area (Å²) in [6.45, 7) is 0.211. The number of anilines is 1. The molecule has 3 rings (SSSR count). The van der Waals surface area contributed by atoms with Gasteiger partial charge in [-0.25, -0.2) is 9.97 Å². The Balaban J connectivity index is 1.95. The Morgan fingerprint density at radius 2 is 1.96 bits per heavy atom. The lowest BCUT2D eigenvalue weighted by Gasteiger charge is -2.11. The molecule has 0 unspecified atom stereocenters.